The predicted octanol–water partition coefficient (Wildman–Crippen LogP) is 4.99. The Morgan fingerprint density at radius 1 is 0.882 bits per heavy atom. The molecule has 17 heavy (non-hydrogen) atoms. The molecular formula is C17H30. The third-order valence-electron chi connectivity index (χ3n) is 6.80. The lowest BCUT2D eigenvalue weighted by Gasteiger charge is -2.39. The van der Waals surface area contributed by atoms with Gasteiger partial charge < -0.3 is 0 Å². The van der Waals surface area contributed by atoms with E-state index < -0.39 is 0 Å². The summed E-state index contributed by atoms with van der Waals surface area (Å²) in [4.78, 5) is 0. The molecule has 0 heterocycles. The lowest BCUT2D eigenvalue weighted by molar-refractivity contribution is 0.0999. The first-order valence-corrected chi connectivity index (χ1v) is 8.13. The highest BCUT2D eigenvalue weighted by Gasteiger charge is 2.55. The molecule has 0 saturated heterocycles. The van der Waals surface area contributed by atoms with Gasteiger partial charge in [0.05, 0.1) is 0 Å². The summed E-state index contributed by atoms with van der Waals surface area (Å²) in [5.74, 6) is 8.50. The maximum atomic E-state index is 2.60. The topological polar surface area (TPSA) is 0 Å². The van der Waals surface area contributed by atoms with Gasteiger partial charge in [-0.1, -0.05) is 34.1 Å². The van der Waals surface area contributed by atoms with Crippen LogP contribution in [0.1, 0.15) is 59.8 Å². The van der Waals surface area contributed by atoms with Crippen LogP contribution in [0.25, 0.3) is 0 Å². The van der Waals surface area contributed by atoms with Gasteiger partial charge in [0.15, 0.2) is 0 Å². The summed E-state index contributed by atoms with van der Waals surface area (Å²) in [6, 6.07) is 0. The molecule has 98 valence electrons. The maximum absolute atomic E-state index is 2.60. The Balaban J connectivity index is 1.86. The lowest BCUT2D eigenvalue weighted by Crippen LogP contribution is -2.32. The fraction of sp³-hybridized carbons (Fsp3) is 1.00. The summed E-state index contributed by atoms with van der Waals surface area (Å²) >= 11 is 0. The third-order valence-corrected chi connectivity index (χ3v) is 6.80. The van der Waals surface area contributed by atoms with E-state index in [1.165, 1.54) is 12.8 Å². The summed E-state index contributed by atoms with van der Waals surface area (Å²) in [7, 11) is 0. The molecule has 0 aromatic rings. The van der Waals surface area contributed by atoms with E-state index in [9.17, 15) is 0 Å². The zero-order valence-corrected chi connectivity index (χ0v) is 12.2. The Morgan fingerprint density at radius 2 is 1.65 bits per heavy atom. The van der Waals surface area contributed by atoms with Gasteiger partial charge in [0.25, 0.3) is 0 Å². The van der Waals surface area contributed by atoms with E-state index in [-0.39, 0.29) is 0 Å². The molecule has 3 fully saturated rings. The van der Waals surface area contributed by atoms with Crippen molar-refractivity contribution in [1.82, 2.24) is 0 Å². The smallest absolute Gasteiger partial charge is 0.0326 e. The van der Waals surface area contributed by atoms with Gasteiger partial charge in [0.2, 0.25) is 0 Å². The summed E-state index contributed by atoms with van der Waals surface area (Å²) < 4.78 is 0. The van der Waals surface area contributed by atoms with Crippen molar-refractivity contribution < 1.29 is 0 Å². The van der Waals surface area contributed by atoms with Crippen LogP contribution in [0, 0.1) is 47.3 Å². The molecule has 8 atom stereocenters. The van der Waals surface area contributed by atoms with Crippen molar-refractivity contribution in [3.05, 3.63) is 0 Å². The van der Waals surface area contributed by atoms with E-state index in [1.54, 1.807) is 19.3 Å². The Bertz CT molecular complexity index is 280. The molecule has 0 radical (unpaired) electrons. The molecule has 0 aliphatic heterocycles. The van der Waals surface area contributed by atoms with Crippen molar-refractivity contribution in [3.8, 4) is 0 Å². The first kappa shape index (κ1) is 12.1. The van der Waals surface area contributed by atoms with Crippen molar-refractivity contribution in [2.75, 3.05) is 0 Å². The van der Waals surface area contributed by atoms with Gasteiger partial charge in [0.1, 0.15) is 0 Å². The van der Waals surface area contributed by atoms with Crippen LogP contribution in [0.15, 0.2) is 0 Å². The van der Waals surface area contributed by atoms with E-state index in [2.05, 4.69) is 27.7 Å². The van der Waals surface area contributed by atoms with Crippen molar-refractivity contribution in [1.29, 1.82) is 0 Å². The molecule has 0 aromatic carbocycles. The van der Waals surface area contributed by atoms with Crippen LogP contribution in [0.2, 0.25) is 0 Å². The average Bonchev–Trinajstić information content (AvgIpc) is 2.79. The summed E-state index contributed by atoms with van der Waals surface area (Å²) in [5, 5.41) is 0. The second-order valence-corrected chi connectivity index (χ2v) is 7.64. The average molecular weight is 234 g/mol. The normalized spacial score (nSPS) is 57.9. The Kier molecular flexibility index (Phi) is 3.04. The van der Waals surface area contributed by atoms with E-state index in [0.717, 1.165) is 47.3 Å². The Hall–Kier alpha value is 0. The van der Waals surface area contributed by atoms with Crippen molar-refractivity contribution in [3.63, 3.8) is 0 Å². The van der Waals surface area contributed by atoms with Gasteiger partial charge in [-0.15, -0.1) is 0 Å². The minimum Gasteiger partial charge on any atom is -0.0651 e. The Labute approximate surface area is 108 Å². The molecule has 0 spiro atoms. The van der Waals surface area contributed by atoms with E-state index in [0.29, 0.717) is 0 Å². The van der Waals surface area contributed by atoms with Crippen LogP contribution in [0.3, 0.4) is 0 Å². The second kappa shape index (κ2) is 4.28. The van der Waals surface area contributed by atoms with Crippen molar-refractivity contribution in [2.45, 2.75) is 59.8 Å². The maximum Gasteiger partial charge on any atom is -0.0326 e. The molecule has 3 rings (SSSR count). The first-order chi connectivity index (χ1) is 8.13. The standard InChI is InChI=1S/C17H30/c1-5-13-6-7-14-15-9-10(2)8-11(3)16(15)12(4)17(13)14/h10-17H,5-9H2,1-4H3. The molecule has 0 N–H and O–H groups in total. The van der Waals surface area contributed by atoms with Gasteiger partial charge in [-0.05, 0) is 73.0 Å². The quantitative estimate of drug-likeness (QED) is 0.600. The van der Waals surface area contributed by atoms with Crippen LogP contribution in [-0.2, 0) is 0 Å². The van der Waals surface area contributed by atoms with Crippen LogP contribution >= 0.6 is 0 Å². The fourth-order valence-electron chi connectivity index (χ4n) is 6.49. The zero-order valence-electron chi connectivity index (χ0n) is 12.2. The highest BCUT2D eigenvalue weighted by atomic mass is 14.6. The van der Waals surface area contributed by atoms with Gasteiger partial charge in [-0.25, -0.2) is 0 Å². The SMILES string of the molecule is CCC1CCC2C3CC(C)CC(C)C3C(C)C12. The van der Waals surface area contributed by atoms with Gasteiger partial charge in [0, 0.05) is 0 Å². The summed E-state index contributed by atoms with van der Waals surface area (Å²) in [6.45, 7) is 10.1. The Morgan fingerprint density at radius 3 is 2.35 bits per heavy atom. The first-order valence-electron chi connectivity index (χ1n) is 8.13. The van der Waals surface area contributed by atoms with Crippen LogP contribution in [0.4, 0.5) is 0 Å². The number of hydrogen-bond donors (Lipinski definition) is 0. The van der Waals surface area contributed by atoms with E-state index in [1.807, 2.05) is 0 Å². The van der Waals surface area contributed by atoms with E-state index in [4.69, 9.17) is 0 Å². The molecule has 3 aliphatic rings. The minimum atomic E-state index is 0.998. The molecule has 3 saturated carbocycles. The van der Waals surface area contributed by atoms with Crippen molar-refractivity contribution in [2.24, 2.45) is 47.3 Å². The molecule has 8 unspecified atom stereocenters. The zero-order chi connectivity index (χ0) is 12.2. The molecule has 0 aromatic heterocycles. The third kappa shape index (κ3) is 1.70. The minimum absolute atomic E-state index is 0.998. The van der Waals surface area contributed by atoms with Crippen molar-refractivity contribution >= 4 is 0 Å². The van der Waals surface area contributed by atoms with Crippen LogP contribution < -0.4 is 0 Å². The number of fused-ring (bicyclic) bond motifs is 3. The molecular weight excluding hydrogens is 204 g/mol. The summed E-state index contributed by atoms with van der Waals surface area (Å²) in [6.07, 6.45) is 7.60. The van der Waals surface area contributed by atoms with Gasteiger partial charge in [-0.2, -0.15) is 0 Å². The highest BCUT2D eigenvalue weighted by molar-refractivity contribution is 5.04. The van der Waals surface area contributed by atoms with Gasteiger partial charge >= 0.3 is 0 Å². The number of rotatable bonds is 1. The molecule has 0 amide bonds. The molecule has 3 aliphatic carbocycles. The fourth-order valence-corrected chi connectivity index (χ4v) is 6.49. The second-order valence-electron chi connectivity index (χ2n) is 7.64. The predicted molar refractivity (Wildman–Crippen MR) is 73.7 cm³/mol. The molecule has 0 heteroatoms. The van der Waals surface area contributed by atoms with E-state index >= 15 is 0 Å². The molecule has 0 nitrogen and oxygen atoms in total. The van der Waals surface area contributed by atoms with Crippen LogP contribution in [-0.4, -0.2) is 0 Å². The highest BCUT2D eigenvalue weighted by Crippen LogP contribution is 2.62. The largest absolute Gasteiger partial charge is 0.0651 e. The number of hydrogen-bond acceptors (Lipinski definition) is 0. The van der Waals surface area contributed by atoms with Gasteiger partial charge in [-0.3, -0.25) is 0 Å². The molecule has 0 bridgehead atoms. The lowest BCUT2D eigenvalue weighted by atomic mass is 9.66. The van der Waals surface area contributed by atoms with Crippen LogP contribution in [0.5, 0.6) is 0 Å². The monoisotopic (exact) mass is 234 g/mol. The summed E-state index contributed by atoms with van der Waals surface area (Å²) in [5.41, 5.74) is 0.